The van der Waals surface area contributed by atoms with Crippen molar-refractivity contribution in [3.63, 3.8) is 0 Å². The summed E-state index contributed by atoms with van der Waals surface area (Å²) in [5.74, 6) is 0. The van der Waals surface area contributed by atoms with Crippen LogP contribution in [0, 0.1) is 0 Å². The summed E-state index contributed by atoms with van der Waals surface area (Å²) in [6.07, 6.45) is 0. The van der Waals surface area contributed by atoms with Crippen LogP contribution in [0.25, 0.3) is 0 Å². The van der Waals surface area contributed by atoms with Gasteiger partial charge < -0.3 is 19.6 Å². The van der Waals surface area contributed by atoms with Crippen LogP contribution in [0.4, 0.5) is 0 Å². The standard InChI is InChI=1S/C8H21NO6P2.2CH4/c1-6-9(7(2,3)16(10,11)12)8(4,5)17(13,14)15;;/h6H2,1-5H3,(H2,10,11,12)(H2,13,14,15);2*1H4. The maximum atomic E-state index is 11.4. The van der Waals surface area contributed by atoms with E-state index in [-0.39, 0.29) is 21.4 Å². The summed E-state index contributed by atoms with van der Waals surface area (Å²) in [5.41, 5.74) is 0. The minimum absolute atomic E-state index is 0. The molecule has 120 valence electrons. The molecule has 0 radical (unpaired) electrons. The maximum absolute atomic E-state index is 11.4. The van der Waals surface area contributed by atoms with Crippen molar-refractivity contribution < 1.29 is 28.7 Å². The molecule has 0 saturated carbocycles. The third kappa shape index (κ3) is 4.64. The van der Waals surface area contributed by atoms with E-state index in [2.05, 4.69) is 0 Å². The summed E-state index contributed by atoms with van der Waals surface area (Å²) >= 11 is 0. The van der Waals surface area contributed by atoms with Gasteiger partial charge in [-0.2, -0.15) is 0 Å². The molecule has 0 amide bonds. The molecular formula is C10H29NO6P2. The molecule has 7 nitrogen and oxygen atoms in total. The van der Waals surface area contributed by atoms with E-state index in [0.717, 1.165) is 4.90 Å². The largest absolute Gasteiger partial charge is 0.345 e. The van der Waals surface area contributed by atoms with Crippen molar-refractivity contribution in [3.05, 3.63) is 0 Å². The zero-order chi connectivity index (χ0) is 14.3. The lowest BCUT2D eigenvalue weighted by atomic mass is 10.2. The molecule has 0 rings (SSSR count). The van der Waals surface area contributed by atoms with Gasteiger partial charge in [-0.15, -0.1) is 0 Å². The Bertz CT molecular complexity index is 336. The molecule has 0 saturated heterocycles. The molecule has 0 aliphatic rings. The number of rotatable bonds is 5. The van der Waals surface area contributed by atoms with E-state index in [9.17, 15) is 28.7 Å². The second kappa shape index (κ2) is 6.81. The van der Waals surface area contributed by atoms with Crippen LogP contribution in [0.5, 0.6) is 0 Å². The third-order valence-electron chi connectivity index (χ3n) is 3.06. The zero-order valence-electron chi connectivity index (χ0n) is 10.7. The van der Waals surface area contributed by atoms with Gasteiger partial charge in [-0.1, -0.05) is 21.8 Å². The molecule has 0 aromatic heterocycles. The molecule has 0 unspecified atom stereocenters. The molecule has 0 heterocycles. The molecule has 0 atom stereocenters. The van der Waals surface area contributed by atoms with Gasteiger partial charge in [0.15, 0.2) is 0 Å². The van der Waals surface area contributed by atoms with Gasteiger partial charge in [-0.3, -0.25) is 14.0 Å². The van der Waals surface area contributed by atoms with Crippen molar-refractivity contribution in [3.8, 4) is 0 Å². The lowest BCUT2D eigenvalue weighted by Gasteiger charge is -2.47. The van der Waals surface area contributed by atoms with Gasteiger partial charge in [-0.05, 0) is 34.2 Å². The van der Waals surface area contributed by atoms with Crippen LogP contribution in [0.2, 0.25) is 0 Å². The lowest BCUT2D eigenvalue weighted by molar-refractivity contribution is 0.0831. The Kier molecular flexibility index (Phi) is 8.71. The first-order chi connectivity index (χ1) is 7.19. The van der Waals surface area contributed by atoms with Crippen LogP contribution in [0.3, 0.4) is 0 Å². The third-order valence-corrected chi connectivity index (χ3v) is 6.40. The van der Waals surface area contributed by atoms with Crippen LogP contribution in [0.15, 0.2) is 0 Å². The Morgan fingerprint density at radius 3 is 1.16 bits per heavy atom. The Balaban J connectivity index is -0.00000128. The molecule has 0 bridgehead atoms. The lowest BCUT2D eigenvalue weighted by Crippen LogP contribution is -2.54. The highest BCUT2D eigenvalue weighted by Gasteiger charge is 2.54. The summed E-state index contributed by atoms with van der Waals surface area (Å²) in [7, 11) is -9.05. The minimum Gasteiger partial charge on any atom is -0.323 e. The molecule has 0 fully saturated rings. The first kappa shape index (κ1) is 24.3. The normalized spacial score (nSPS) is 13.8. The van der Waals surface area contributed by atoms with Gasteiger partial charge in [0.25, 0.3) is 0 Å². The summed E-state index contributed by atoms with van der Waals surface area (Å²) in [6, 6.07) is 0. The fourth-order valence-corrected chi connectivity index (χ4v) is 3.25. The van der Waals surface area contributed by atoms with Crippen LogP contribution in [0.1, 0.15) is 49.5 Å². The van der Waals surface area contributed by atoms with E-state index in [4.69, 9.17) is 0 Å². The SMILES string of the molecule is C.C.CCN(C(C)(C)P(=O)(O)O)C(C)(C)P(=O)(O)O. The van der Waals surface area contributed by atoms with E-state index in [1.807, 2.05) is 0 Å². The average molecular weight is 321 g/mol. The van der Waals surface area contributed by atoms with Gasteiger partial charge in [-0.25, -0.2) is 0 Å². The van der Waals surface area contributed by atoms with Gasteiger partial charge in [0.05, 0.1) is 0 Å². The summed E-state index contributed by atoms with van der Waals surface area (Å²) < 4.78 is 22.9. The highest BCUT2D eigenvalue weighted by Crippen LogP contribution is 2.60. The Morgan fingerprint density at radius 2 is 1.05 bits per heavy atom. The topological polar surface area (TPSA) is 118 Å². The second-order valence-electron chi connectivity index (χ2n) is 4.82. The van der Waals surface area contributed by atoms with E-state index >= 15 is 0 Å². The monoisotopic (exact) mass is 321 g/mol. The quantitative estimate of drug-likeness (QED) is 0.574. The average Bonchev–Trinajstić information content (AvgIpc) is 1.99. The van der Waals surface area contributed by atoms with E-state index in [1.54, 1.807) is 6.92 Å². The van der Waals surface area contributed by atoms with Gasteiger partial charge >= 0.3 is 15.2 Å². The van der Waals surface area contributed by atoms with E-state index < -0.39 is 25.8 Å². The first-order valence-electron chi connectivity index (χ1n) is 5.08. The fraction of sp³-hybridized carbons (Fsp3) is 1.00. The minimum atomic E-state index is -4.52. The number of hydrogen-bond acceptors (Lipinski definition) is 3. The van der Waals surface area contributed by atoms with Crippen molar-refractivity contribution in [2.24, 2.45) is 0 Å². The molecule has 0 aromatic rings. The zero-order valence-corrected chi connectivity index (χ0v) is 12.4. The summed E-state index contributed by atoms with van der Waals surface area (Å²) in [4.78, 5) is 38.3. The van der Waals surface area contributed by atoms with Crippen molar-refractivity contribution in [2.75, 3.05) is 6.54 Å². The Labute approximate surface area is 116 Å². The van der Waals surface area contributed by atoms with E-state index in [1.165, 1.54) is 27.7 Å². The van der Waals surface area contributed by atoms with Crippen LogP contribution in [-0.4, -0.2) is 41.6 Å². The van der Waals surface area contributed by atoms with Crippen LogP contribution >= 0.6 is 15.2 Å². The highest BCUT2D eigenvalue weighted by molar-refractivity contribution is 7.54. The first-order valence-corrected chi connectivity index (χ1v) is 8.31. The smallest absolute Gasteiger partial charge is 0.323 e. The van der Waals surface area contributed by atoms with Crippen molar-refractivity contribution in [1.29, 1.82) is 0 Å². The van der Waals surface area contributed by atoms with Crippen molar-refractivity contribution in [2.45, 2.75) is 60.0 Å². The number of hydrogen-bond donors (Lipinski definition) is 4. The van der Waals surface area contributed by atoms with E-state index in [0.29, 0.717) is 0 Å². The molecule has 9 heteroatoms. The van der Waals surface area contributed by atoms with Gasteiger partial charge in [0, 0.05) is 0 Å². The molecule has 4 N–H and O–H groups in total. The van der Waals surface area contributed by atoms with Crippen LogP contribution < -0.4 is 0 Å². The van der Waals surface area contributed by atoms with Gasteiger partial charge in [0.2, 0.25) is 0 Å². The predicted octanol–water partition coefficient (Wildman–Crippen LogP) is 2.41. The Hall–Kier alpha value is 0.260. The fourth-order valence-electron chi connectivity index (χ4n) is 1.76. The second-order valence-corrected chi connectivity index (χ2v) is 9.19. The van der Waals surface area contributed by atoms with Gasteiger partial charge in [0.1, 0.15) is 10.6 Å². The predicted molar refractivity (Wildman–Crippen MR) is 78.1 cm³/mol. The molecule has 0 spiro atoms. The Morgan fingerprint density at radius 1 is 0.842 bits per heavy atom. The number of nitrogens with zero attached hydrogens (tertiary/aromatic N) is 1. The highest BCUT2D eigenvalue weighted by atomic mass is 31.2. The van der Waals surface area contributed by atoms with Crippen LogP contribution in [-0.2, 0) is 9.13 Å². The van der Waals surface area contributed by atoms with Crippen molar-refractivity contribution in [1.82, 2.24) is 4.90 Å². The van der Waals surface area contributed by atoms with Crippen molar-refractivity contribution >= 4 is 15.2 Å². The molecule has 0 aromatic carbocycles. The molecule has 0 aliphatic carbocycles. The molecular weight excluding hydrogens is 292 g/mol. The summed E-state index contributed by atoms with van der Waals surface area (Å²) in [5, 5.41) is -3.29. The summed E-state index contributed by atoms with van der Waals surface area (Å²) in [6.45, 7) is 6.79. The molecule has 0 aliphatic heterocycles. The maximum Gasteiger partial charge on any atom is 0.345 e. The molecule has 19 heavy (non-hydrogen) atoms.